The Kier molecular flexibility index (Phi) is 38.4. The molecule has 0 atom stereocenters. The molecule has 0 N–H and O–H groups in total. The Hall–Kier alpha value is -1.02. The third-order valence-electron chi connectivity index (χ3n) is 2.16. The van der Waals surface area contributed by atoms with Gasteiger partial charge in [-0.15, -0.1) is 0 Å². The van der Waals surface area contributed by atoms with E-state index in [1.54, 1.807) is 7.11 Å². The van der Waals surface area contributed by atoms with Crippen molar-refractivity contribution in [1.29, 1.82) is 0 Å². The van der Waals surface area contributed by atoms with E-state index in [2.05, 4.69) is 59.2 Å². The first-order valence-electron chi connectivity index (χ1n) is 6.27. The predicted molar refractivity (Wildman–Crippen MR) is 84.5 cm³/mol. The van der Waals surface area contributed by atoms with E-state index in [0.29, 0.717) is 6.61 Å². The van der Waals surface area contributed by atoms with Crippen molar-refractivity contribution in [1.82, 2.24) is 0 Å². The molecule has 0 heterocycles. The molecule has 0 aromatic rings. The van der Waals surface area contributed by atoms with E-state index in [1.807, 2.05) is 13.2 Å². The van der Waals surface area contributed by atoms with Gasteiger partial charge in [0.15, 0.2) is 0 Å². The Balaban J connectivity index is -0.000000130. The summed E-state index contributed by atoms with van der Waals surface area (Å²) in [6, 6.07) is 0. The summed E-state index contributed by atoms with van der Waals surface area (Å²) in [5, 5.41) is 1.40. The van der Waals surface area contributed by atoms with Crippen molar-refractivity contribution in [3.8, 4) is 0 Å². The van der Waals surface area contributed by atoms with E-state index >= 15 is 0 Å². The van der Waals surface area contributed by atoms with Crippen LogP contribution in [-0.4, -0.2) is 25.9 Å². The molecule has 0 amide bonds. The van der Waals surface area contributed by atoms with Crippen LogP contribution in [0.15, 0.2) is 23.1 Å². The van der Waals surface area contributed by atoms with Crippen LogP contribution >= 0.6 is 0 Å². The van der Waals surface area contributed by atoms with Gasteiger partial charge < -0.3 is 0 Å². The second kappa shape index (κ2) is 26.9. The van der Waals surface area contributed by atoms with Gasteiger partial charge in [-0.3, -0.25) is 0 Å². The number of allylic oxidation sites excluding steroid dienone is 1. The molecule has 0 unspecified atom stereocenters. The minimum atomic E-state index is -1.35. The number of methoxy groups -OCH3 is 1. The van der Waals surface area contributed by atoms with E-state index in [-0.39, 0.29) is 0 Å². The summed E-state index contributed by atoms with van der Waals surface area (Å²) < 4.78 is 41.8. The maximum absolute atomic E-state index is 7.50. The van der Waals surface area contributed by atoms with Gasteiger partial charge in [-0.05, 0) is 0 Å². The van der Waals surface area contributed by atoms with E-state index in [1.165, 1.54) is 24.5 Å². The summed E-state index contributed by atoms with van der Waals surface area (Å²) in [4.78, 5) is 0. The molecular weight excluding hydrogens is 500 g/mol. The van der Waals surface area contributed by atoms with Crippen LogP contribution < -0.4 is 0 Å². The van der Waals surface area contributed by atoms with Gasteiger partial charge in [0.05, 0.1) is 0 Å². The molecule has 6 nitrogen and oxygen atoms in total. The van der Waals surface area contributed by atoms with E-state index in [0.717, 1.165) is 9.66 Å². The summed E-state index contributed by atoms with van der Waals surface area (Å²) in [7, 11) is 0.368. The number of ether oxygens (including phenoxy) is 2. The predicted octanol–water partition coefficient (Wildman–Crippen LogP) is 2.90. The standard InChI is InChI=1S/C12H22O2Si.4CO.W/c1-7-12(15(4,5)6)11(9-13-3)10-14-8-2;4*1-2;/h7,10H,8H2,1-6H3;;;;;/b11-10+,12-7+;;;;;. The SMILES string of the molecule is C/C=C(\C(=C\OCC)[C](=[W])OC)[Si](C)(C)C.[C-]#[O+].[C-]#[O+].[C-]#[O+].[C-]#[O+]. The quantitative estimate of drug-likeness (QED) is 0.176. The van der Waals surface area contributed by atoms with Crippen LogP contribution in [0, 0.1) is 26.6 Å². The first kappa shape index (κ1) is 34.3. The maximum atomic E-state index is 7.50. The van der Waals surface area contributed by atoms with Gasteiger partial charge in [0.25, 0.3) is 0 Å². The van der Waals surface area contributed by atoms with E-state index in [4.69, 9.17) is 28.1 Å². The molecular formula is C16H22O6SiW. The second-order valence-electron chi connectivity index (χ2n) is 4.43. The molecule has 8 heteroatoms. The van der Waals surface area contributed by atoms with Gasteiger partial charge in [0, 0.05) is 0 Å². The fraction of sp³-hybridized carbons (Fsp3) is 0.438. The summed E-state index contributed by atoms with van der Waals surface area (Å²) in [6.45, 7) is 29.8. The molecule has 0 saturated carbocycles. The molecule has 0 rings (SSSR count). The monoisotopic (exact) mass is 522 g/mol. The van der Waals surface area contributed by atoms with E-state index in [9.17, 15) is 0 Å². The Bertz CT molecular complexity index is 429. The van der Waals surface area contributed by atoms with Gasteiger partial charge >= 0.3 is 157 Å². The van der Waals surface area contributed by atoms with Crippen LogP contribution in [0.25, 0.3) is 0 Å². The fourth-order valence-corrected chi connectivity index (χ4v) is 4.26. The average Bonchev–Trinajstić information content (AvgIpc) is 2.63. The average molecular weight is 522 g/mol. The van der Waals surface area contributed by atoms with Crippen molar-refractivity contribution in [3.63, 3.8) is 0 Å². The molecule has 0 fully saturated rings. The summed E-state index contributed by atoms with van der Waals surface area (Å²) >= 11 is 1.33. The second-order valence-corrected chi connectivity index (χ2v) is 10.8. The van der Waals surface area contributed by atoms with Gasteiger partial charge in [-0.2, -0.15) is 0 Å². The van der Waals surface area contributed by atoms with Crippen LogP contribution in [0.2, 0.25) is 19.6 Å². The molecule has 0 spiro atoms. The molecule has 24 heavy (non-hydrogen) atoms. The van der Waals surface area contributed by atoms with Crippen LogP contribution in [0.5, 0.6) is 0 Å². The van der Waals surface area contributed by atoms with Crippen LogP contribution in [0.1, 0.15) is 13.8 Å². The Morgan fingerprint density at radius 3 is 1.58 bits per heavy atom. The molecule has 132 valence electrons. The van der Waals surface area contributed by atoms with Crippen LogP contribution in [0.4, 0.5) is 0 Å². The minimum absolute atomic E-state index is 0.693. The van der Waals surface area contributed by atoms with Crippen molar-refractivity contribution >= 4 is 12.2 Å². The van der Waals surface area contributed by atoms with Gasteiger partial charge in [0.2, 0.25) is 0 Å². The summed E-state index contributed by atoms with van der Waals surface area (Å²) in [5.41, 5.74) is 1.14. The van der Waals surface area contributed by atoms with Gasteiger partial charge in [-0.25, -0.2) is 0 Å². The zero-order valence-electron chi connectivity index (χ0n) is 14.7. The molecule has 0 radical (unpaired) electrons. The molecule has 0 aromatic carbocycles. The zero-order chi connectivity index (χ0) is 20.8. The summed E-state index contributed by atoms with van der Waals surface area (Å²) in [6.07, 6.45) is 4.04. The van der Waals surface area contributed by atoms with Crippen molar-refractivity contribution in [2.24, 2.45) is 0 Å². The van der Waals surface area contributed by atoms with Crippen molar-refractivity contribution in [3.05, 3.63) is 49.7 Å². The van der Waals surface area contributed by atoms with Gasteiger partial charge in [0.1, 0.15) is 0 Å². The van der Waals surface area contributed by atoms with Crippen LogP contribution in [0.3, 0.4) is 0 Å². The molecule has 0 aromatic heterocycles. The Labute approximate surface area is 156 Å². The molecule has 0 bridgehead atoms. The van der Waals surface area contributed by atoms with Crippen LogP contribution in [-0.2, 0) is 47.4 Å². The van der Waals surface area contributed by atoms with Crippen molar-refractivity contribution in [2.75, 3.05) is 13.7 Å². The van der Waals surface area contributed by atoms with E-state index < -0.39 is 8.07 Å². The third-order valence-corrected chi connectivity index (χ3v) is 5.72. The Morgan fingerprint density at radius 2 is 1.38 bits per heavy atom. The first-order chi connectivity index (χ1) is 11.4. The number of hydrogen-bond donors (Lipinski definition) is 0. The third kappa shape index (κ3) is 19.0. The number of rotatable bonds is 6. The normalized spacial score (nSPS) is 9.58. The molecule has 0 saturated heterocycles. The summed E-state index contributed by atoms with van der Waals surface area (Å²) in [5.74, 6) is 0. The molecule has 0 aliphatic carbocycles. The molecule has 0 aliphatic rings. The van der Waals surface area contributed by atoms with Crippen molar-refractivity contribution in [2.45, 2.75) is 33.5 Å². The Morgan fingerprint density at radius 1 is 1.00 bits per heavy atom. The topological polar surface area (TPSA) is 98.1 Å². The fourth-order valence-electron chi connectivity index (χ4n) is 1.49. The molecule has 0 aliphatic heterocycles. The first-order valence-corrected chi connectivity index (χ1v) is 11.2. The van der Waals surface area contributed by atoms with Gasteiger partial charge in [-0.1, -0.05) is 0 Å². The van der Waals surface area contributed by atoms with Crippen molar-refractivity contribution < 1.29 is 47.4 Å². The number of hydrogen-bond acceptors (Lipinski definition) is 2. The zero-order valence-corrected chi connectivity index (χ0v) is 18.7.